The third-order valence-electron chi connectivity index (χ3n) is 7.73. The van der Waals surface area contributed by atoms with Crippen LogP contribution in [0.5, 0.6) is 5.88 Å². The highest BCUT2D eigenvalue weighted by atomic mass is 16.5. The van der Waals surface area contributed by atoms with E-state index in [1.165, 1.54) is 0 Å². The summed E-state index contributed by atoms with van der Waals surface area (Å²) in [7, 11) is 0. The number of ether oxygens (including phenoxy) is 2. The average Bonchev–Trinajstić information content (AvgIpc) is 3.14. The first kappa shape index (κ1) is 26.1. The van der Waals surface area contributed by atoms with Gasteiger partial charge in [-0.3, -0.25) is 4.79 Å². The first-order valence-electron chi connectivity index (χ1n) is 13.0. The van der Waals surface area contributed by atoms with Gasteiger partial charge in [-0.25, -0.2) is 9.48 Å². The minimum atomic E-state index is -0.710. The van der Waals surface area contributed by atoms with Gasteiger partial charge in [0.1, 0.15) is 5.56 Å². The number of hydrogen-bond acceptors (Lipinski definition) is 6. The molecule has 5 rings (SSSR count). The minimum Gasteiger partial charge on any atom is -0.474 e. The molecule has 4 fully saturated rings. The number of carbonyl (C=O) groups is 2. The highest BCUT2D eigenvalue weighted by molar-refractivity contribution is 5.96. The molecule has 2 amide bonds. The van der Waals surface area contributed by atoms with E-state index in [0.29, 0.717) is 35.8 Å². The lowest BCUT2D eigenvalue weighted by Gasteiger charge is -2.59. The molecule has 36 heavy (non-hydrogen) atoms. The molecule has 0 saturated heterocycles. The van der Waals surface area contributed by atoms with Crippen molar-refractivity contribution in [2.24, 2.45) is 28.9 Å². The number of nitrogens with zero attached hydrogens (tertiary/aromatic N) is 2. The zero-order chi connectivity index (χ0) is 26.3. The molecule has 2 atom stereocenters. The fraction of sp³-hybridized carbons (Fsp3) is 0.667. The Hall–Kier alpha value is -2.97. The molecule has 4 aliphatic rings. The monoisotopic (exact) mass is 499 g/mol. The van der Waals surface area contributed by atoms with Crippen LogP contribution < -0.4 is 21.1 Å². The van der Waals surface area contributed by atoms with Gasteiger partial charge >= 0.3 is 6.09 Å². The van der Waals surface area contributed by atoms with Gasteiger partial charge in [-0.1, -0.05) is 6.58 Å². The van der Waals surface area contributed by atoms with Gasteiger partial charge < -0.3 is 25.8 Å². The van der Waals surface area contributed by atoms with Crippen LogP contribution in [0.3, 0.4) is 0 Å². The van der Waals surface area contributed by atoms with Crippen molar-refractivity contribution >= 4 is 18.2 Å². The SMILES string of the molecule is C=C(C)NC(C)(C)/C=C/n1ncc(C(=O)N[C@H]2C3CC4CC2C[C@](COC(N)=O)(C4)C3)c1OC(C)C. The summed E-state index contributed by atoms with van der Waals surface area (Å²) in [5.41, 5.74) is 6.20. The van der Waals surface area contributed by atoms with Crippen LogP contribution in [0.25, 0.3) is 6.20 Å². The van der Waals surface area contributed by atoms with Crippen molar-refractivity contribution in [1.29, 1.82) is 0 Å². The molecule has 4 bridgehead atoms. The van der Waals surface area contributed by atoms with Crippen LogP contribution in [0.15, 0.2) is 24.5 Å². The maximum absolute atomic E-state index is 13.5. The molecule has 1 heterocycles. The summed E-state index contributed by atoms with van der Waals surface area (Å²) < 4.78 is 12.9. The lowest BCUT2D eigenvalue weighted by molar-refractivity contribution is -0.0977. The summed E-state index contributed by atoms with van der Waals surface area (Å²) >= 11 is 0. The number of carbonyl (C=O) groups excluding carboxylic acids is 2. The first-order valence-corrected chi connectivity index (χ1v) is 13.0. The summed E-state index contributed by atoms with van der Waals surface area (Å²) in [5, 5.41) is 11.1. The normalized spacial score (nSPS) is 28.9. The molecule has 4 saturated carbocycles. The quantitative estimate of drug-likeness (QED) is 0.446. The molecular weight excluding hydrogens is 458 g/mol. The number of hydrogen-bond donors (Lipinski definition) is 3. The summed E-state index contributed by atoms with van der Waals surface area (Å²) in [4.78, 5) is 24.7. The van der Waals surface area contributed by atoms with E-state index >= 15 is 0 Å². The molecule has 0 aromatic carbocycles. The standard InChI is InChI=1S/C27H41N5O4/c1-16(2)31-26(5,6)7-8-32-24(36-17(3)4)21(14-29-32)23(33)30-22-19-9-18-10-20(22)13-27(11-18,12-19)15-35-25(28)34/h7-8,14,17-20,22,31H,1,9-13,15H2,2-6H3,(H2,28,34)(H,30,33)/b8-7+/t18?,19?,20?,22-,27-. The Morgan fingerprint density at radius 1 is 1.31 bits per heavy atom. The van der Waals surface area contributed by atoms with Crippen LogP contribution >= 0.6 is 0 Å². The summed E-state index contributed by atoms with van der Waals surface area (Å²) in [6.45, 7) is 14.1. The minimum absolute atomic E-state index is 0.00101. The van der Waals surface area contributed by atoms with E-state index < -0.39 is 6.09 Å². The van der Waals surface area contributed by atoms with Gasteiger partial charge in [0.2, 0.25) is 5.88 Å². The largest absolute Gasteiger partial charge is 0.474 e. The van der Waals surface area contributed by atoms with Crippen molar-refractivity contribution in [1.82, 2.24) is 20.4 Å². The Morgan fingerprint density at radius 2 is 1.97 bits per heavy atom. The number of aromatic nitrogens is 2. The fourth-order valence-electron chi connectivity index (χ4n) is 6.86. The second-order valence-corrected chi connectivity index (χ2v) is 12.0. The van der Waals surface area contributed by atoms with Crippen LogP contribution in [-0.2, 0) is 4.74 Å². The number of amides is 2. The van der Waals surface area contributed by atoms with Crippen molar-refractivity contribution in [2.45, 2.75) is 84.4 Å². The molecular formula is C27H41N5O4. The number of allylic oxidation sites excluding steroid dienone is 1. The fourth-order valence-corrected chi connectivity index (χ4v) is 6.86. The van der Waals surface area contributed by atoms with Gasteiger partial charge in [-0.15, -0.1) is 0 Å². The number of primary amides is 1. The van der Waals surface area contributed by atoms with Crippen molar-refractivity contribution < 1.29 is 19.1 Å². The molecule has 4 aliphatic carbocycles. The topological polar surface area (TPSA) is 121 Å². The van der Waals surface area contributed by atoms with Crippen molar-refractivity contribution in [3.8, 4) is 5.88 Å². The van der Waals surface area contributed by atoms with Crippen LogP contribution in [0.4, 0.5) is 4.79 Å². The molecule has 2 unspecified atom stereocenters. The Balaban J connectivity index is 1.50. The van der Waals surface area contributed by atoms with Gasteiger partial charge in [0.25, 0.3) is 5.91 Å². The Morgan fingerprint density at radius 3 is 2.56 bits per heavy atom. The number of nitrogens with one attached hydrogen (secondary N) is 2. The maximum Gasteiger partial charge on any atom is 0.404 e. The molecule has 0 aliphatic heterocycles. The smallest absolute Gasteiger partial charge is 0.404 e. The van der Waals surface area contributed by atoms with Crippen molar-refractivity contribution in [3.05, 3.63) is 30.1 Å². The van der Waals surface area contributed by atoms with Crippen molar-refractivity contribution in [2.75, 3.05) is 6.61 Å². The summed E-state index contributed by atoms with van der Waals surface area (Å²) in [6.07, 6.45) is 9.70. The number of nitrogens with two attached hydrogens (primary N) is 1. The Labute approximate surface area is 213 Å². The van der Waals surface area contributed by atoms with E-state index in [1.807, 2.05) is 46.9 Å². The van der Waals surface area contributed by atoms with Crippen LogP contribution in [0.2, 0.25) is 0 Å². The molecule has 4 N–H and O–H groups in total. The first-order chi connectivity index (χ1) is 16.9. The van der Waals surface area contributed by atoms with E-state index in [0.717, 1.165) is 37.8 Å². The molecule has 1 aromatic rings. The van der Waals surface area contributed by atoms with E-state index in [-0.39, 0.29) is 29.0 Å². The molecule has 0 radical (unpaired) electrons. The zero-order valence-corrected chi connectivity index (χ0v) is 22.2. The predicted octanol–water partition coefficient (Wildman–Crippen LogP) is 4.06. The summed E-state index contributed by atoms with van der Waals surface area (Å²) in [5.74, 6) is 1.63. The van der Waals surface area contributed by atoms with Crippen molar-refractivity contribution in [3.63, 3.8) is 0 Å². The molecule has 9 nitrogen and oxygen atoms in total. The van der Waals surface area contributed by atoms with Gasteiger partial charge in [0, 0.05) is 23.4 Å². The summed E-state index contributed by atoms with van der Waals surface area (Å²) in [6, 6.07) is 0.0974. The van der Waals surface area contributed by atoms with E-state index in [2.05, 4.69) is 22.3 Å². The zero-order valence-electron chi connectivity index (χ0n) is 22.2. The maximum atomic E-state index is 13.5. The molecule has 1 aromatic heterocycles. The average molecular weight is 500 g/mol. The second kappa shape index (κ2) is 9.82. The Bertz CT molecular complexity index is 1030. The lowest BCUT2D eigenvalue weighted by Crippen LogP contribution is -2.60. The van der Waals surface area contributed by atoms with Crippen LogP contribution in [-0.4, -0.2) is 46.1 Å². The second-order valence-electron chi connectivity index (χ2n) is 12.0. The lowest BCUT2D eigenvalue weighted by atomic mass is 9.48. The molecule has 198 valence electrons. The predicted molar refractivity (Wildman–Crippen MR) is 138 cm³/mol. The van der Waals surface area contributed by atoms with E-state index in [4.69, 9.17) is 15.2 Å². The van der Waals surface area contributed by atoms with Gasteiger partial charge in [0.15, 0.2) is 0 Å². The highest BCUT2D eigenvalue weighted by Crippen LogP contribution is 2.60. The van der Waals surface area contributed by atoms with Crippen LogP contribution in [0.1, 0.15) is 77.1 Å². The van der Waals surface area contributed by atoms with E-state index in [1.54, 1.807) is 10.9 Å². The Kier molecular flexibility index (Phi) is 7.12. The third kappa shape index (κ3) is 5.71. The third-order valence-corrected chi connectivity index (χ3v) is 7.73. The van der Waals surface area contributed by atoms with Gasteiger partial charge in [-0.2, -0.15) is 5.10 Å². The highest BCUT2D eigenvalue weighted by Gasteiger charge is 2.56. The van der Waals surface area contributed by atoms with Crippen LogP contribution in [0, 0.1) is 23.2 Å². The molecule has 9 heteroatoms. The van der Waals surface area contributed by atoms with Gasteiger partial charge in [-0.05, 0) is 90.6 Å². The van der Waals surface area contributed by atoms with Gasteiger partial charge in [0.05, 0.1) is 24.4 Å². The molecule has 0 spiro atoms. The number of rotatable bonds is 10. The van der Waals surface area contributed by atoms with E-state index in [9.17, 15) is 9.59 Å².